The summed E-state index contributed by atoms with van der Waals surface area (Å²) in [6.07, 6.45) is -0.490. The molecule has 0 fully saturated rings. The van der Waals surface area contributed by atoms with Crippen molar-refractivity contribution in [3.05, 3.63) is 71.3 Å². The van der Waals surface area contributed by atoms with Gasteiger partial charge in [-0.3, -0.25) is 0 Å². The molecule has 0 unspecified atom stereocenters. The molecule has 0 aliphatic rings. The van der Waals surface area contributed by atoms with Crippen molar-refractivity contribution < 1.29 is 0 Å². The molecule has 3 nitrogen and oxygen atoms in total. The maximum Gasteiger partial charge on any atom is 0.0796 e. The summed E-state index contributed by atoms with van der Waals surface area (Å²) >= 11 is 0. The minimum Gasteiger partial charge on any atom is -0.333 e. The van der Waals surface area contributed by atoms with E-state index < -0.39 is 6.17 Å². The fourth-order valence-electron chi connectivity index (χ4n) is 1.56. The highest BCUT2D eigenvalue weighted by atomic mass is 14.8. The second-order valence-corrected chi connectivity index (χ2v) is 3.73. The fourth-order valence-corrected chi connectivity index (χ4v) is 1.56. The van der Waals surface area contributed by atoms with Gasteiger partial charge in [-0.1, -0.05) is 62.1 Å². The Morgan fingerprint density at radius 3 is 1.86 bits per heavy atom. The van der Waals surface area contributed by atoms with Gasteiger partial charge < -0.3 is 17.2 Å². The molecule has 0 atom stereocenters. The summed E-state index contributed by atoms with van der Waals surface area (Å²) in [5, 5.41) is 0. The SMILES string of the molecule is CC.CN.NC(N)c1ccccc1C#Cc1ccccc1. The summed E-state index contributed by atoms with van der Waals surface area (Å²) in [7, 11) is 1.50. The molecule has 112 valence electrons. The van der Waals surface area contributed by atoms with E-state index in [1.165, 1.54) is 7.05 Å². The van der Waals surface area contributed by atoms with Crippen LogP contribution in [0.3, 0.4) is 0 Å². The van der Waals surface area contributed by atoms with E-state index in [0.717, 1.165) is 16.7 Å². The molecule has 6 N–H and O–H groups in total. The Balaban J connectivity index is 0.000000921. The van der Waals surface area contributed by atoms with Crippen molar-refractivity contribution >= 4 is 0 Å². The van der Waals surface area contributed by atoms with E-state index in [4.69, 9.17) is 11.5 Å². The lowest BCUT2D eigenvalue weighted by atomic mass is 10.1. The molecule has 2 aromatic carbocycles. The highest BCUT2D eigenvalue weighted by Crippen LogP contribution is 2.11. The van der Waals surface area contributed by atoms with Gasteiger partial charge in [0.25, 0.3) is 0 Å². The van der Waals surface area contributed by atoms with E-state index in [-0.39, 0.29) is 0 Å². The smallest absolute Gasteiger partial charge is 0.0796 e. The van der Waals surface area contributed by atoms with Crippen molar-refractivity contribution in [2.45, 2.75) is 20.0 Å². The largest absolute Gasteiger partial charge is 0.333 e. The van der Waals surface area contributed by atoms with Gasteiger partial charge in [0.05, 0.1) is 6.17 Å². The summed E-state index contributed by atoms with van der Waals surface area (Å²) in [6, 6.07) is 17.5. The Morgan fingerprint density at radius 1 is 0.762 bits per heavy atom. The minimum absolute atomic E-state index is 0.490. The molecule has 0 radical (unpaired) electrons. The molecule has 0 aliphatic carbocycles. The lowest BCUT2D eigenvalue weighted by Crippen LogP contribution is -2.21. The molecule has 0 saturated heterocycles. The van der Waals surface area contributed by atoms with Crippen LogP contribution >= 0.6 is 0 Å². The lowest BCUT2D eigenvalue weighted by Gasteiger charge is -2.07. The van der Waals surface area contributed by atoms with E-state index in [2.05, 4.69) is 17.6 Å². The topological polar surface area (TPSA) is 78.1 Å². The standard InChI is InChI=1S/C15H14N2.C2H6.CH5N/c16-15(17)14-9-5-4-8-13(14)11-10-12-6-2-1-3-7-12;2*1-2/h1-9,15H,16-17H2;1-2H3;2H2,1H3. The normalized spacial score (nSPS) is 8.52. The quantitative estimate of drug-likeness (QED) is 0.556. The lowest BCUT2D eigenvalue weighted by molar-refractivity contribution is 0.771. The number of rotatable bonds is 1. The van der Waals surface area contributed by atoms with Crippen LogP contribution < -0.4 is 17.2 Å². The molecule has 0 spiro atoms. The minimum atomic E-state index is -0.490. The van der Waals surface area contributed by atoms with Gasteiger partial charge in [-0.25, -0.2) is 0 Å². The molecule has 0 heterocycles. The van der Waals surface area contributed by atoms with Crippen molar-refractivity contribution in [1.29, 1.82) is 0 Å². The van der Waals surface area contributed by atoms with E-state index in [1.807, 2.05) is 68.4 Å². The summed E-state index contributed by atoms with van der Waals surface area (Å²) < 4.78 is 0. The van der Waals surface area contributed by atoms with Crippen LogP contribution in [0.5, 0.6) is 0 Å². The van der Waals surface area contributed by atoms with Gasteiger partial charge in [0.2, 0.25) is 0 Å². The molecule has 0 saturated carbocycles. The van der Waals surface area contributed by atoms with Crippen LogP contribution in [0.1, 0.15) is 36.7 Å². The first-order valence-electron chi connectivity index (χ1n) is 7.02. The third kappa shape index (κ3) is 6.73. The Kier molecular flexibility index (Phi) is 10.5. The monoisotopic (exact) mass is 283 g/mol. The maximum atomic E-state index is 5.69. The van der Waals surface area contributed by atoms with E-state index >= 15 is 0 Å². The zero-order valence-electron chi connectivity index (χ0n) is 13.0. The summed E-state index contributed by atoms with van der Waals surface area (Å²) in [5.74, 6) is 6.20. The Morgan fingerprint density at radius 2 is 1.29 bits per heavy atom. The van der Waals surface area contributed by atoms with Crippen molar-refractivity contribution in [3.63, 3.8) is 0 Å². The molecule has 3 heteroatoms. The van der Waals surface area contributed by atoms with E-state index in [9.17, 15) is 0 Å². The highest BCUT2D eigenvalue weighted by Gasteiger charge is 2.03. The number of hydrogen-bond donors (Lipinski definition) is 3. The maximum absolute atomic E-state index is 5.69. The molecule has 2 rings (SSSR count). The Hall–Kier alpha value is -2.12. The average Bonchev–Trinajstić information content (AvgIpc) is 2.58. The summed E-state index contributed by atoms with van der Waals surface area (Å²) in [6.45, 7) is 4.00. The molecular formula is C18H25N3. The van der Waals surface area contributed by atoms with Gasteiger partial charge in [0.15, 0.2) is 0 Å². The van der Waals surface area contributed by atoms with Gasteiger partial charge in [-0.2, -0.15) is 0 Å². The Bertz CT molecular complexity index is 551. The molecule has 0 amide bonds. The second-order valence-electron chi connectivity index (χ2n) is 3.73. The molecule has 2 aromatic rings. The number of nitrogens with two attached hydrogens (primary N) is 3. The predicted octanol–water partition coefficient (Wildman–Crippen LogP) is 2.60. The van der Waals surface area contributed by atoms with Gasteiger partial charge in [0, 0.05) is 11.1 Å². The zero-order valence-corrected chi connectivity index (χ0v) is 13.0. The molecule has 21 heavy (non-hydrogen) atoms. The van der Waals surface area contributed by atoms with Crippen LogP contribution in [0, 0.1) is 11.8 Å². The van der Waals surface area contributed by atoms with Crippen molar-refractivity contribution in [1.82, 2.24) is 0 Å². The van der Waals surface area contributed by atoms with Crippen LogP contribution in [0.15, 0.2) is 54.6 Å². The zero-order chi connectivity index (χ0) is 16.1. The first-order chi connectivity index (χ1) is 10.3. The summed E-state index contributed by atoms with van der Waals surface area (Å²) in [4.78, 5) is 0. The van der Waals surface area contributed by atoms with Crippen molar-refractivity contribution in [3.8, 4) is 11.8 Å². The summed E-state index contributed by atoms with van der Waals surface area (Å²) in [5.41, 5.74) is 18.6. The average molecular weight is 283 g/mol. The van der Waals surface area contributed by atoms with Crippen LogP contribution in [0.4, 0.5) is 0 Å². The van der Waals surface area contributed by atoms with E-state index in [1.54, 1.807) is 0 Å². The fraction of sp³-hybridized carbons (Fsp3) is 0.222. The molecule has 0 aromatic heterocycles. The number of benzene rings is 2. The van der Waals surface area contributed by atoms with Gasteiger partial charge in [-0.15, -0.1) is 0 Å². The van der Waals surface area contributed by atoms with Gasteiger partial charge >= 0.3 is 0 Å². The van der Waals surface area contributed by atoms with E-state index in [0.29, 0.717) is 0 Å². The van der Waals surface area contributed by atoms with Crippen LogP contribution in [0.2, 0.25) is 0 Å². The van der Waals surface area contributed by atoms with Crippen molar-refractivity contribution in [2.24, 2.45) is 17.2 Å². The van der Waals surface area contributed by atoms with Crippen LogP contribution in [-0.4, -0.2) is 7.05 Å². The number of hydrogen-bond acceptors (Lipinski definition) is 3. The van der Waals surface area contributed by atoms with Crippen molar-refractivity contribution in [2.75, 3.05) is 7.05 Å². The van der Waals surface area contributed by atoms with Crippen LogP contribution in [0.25, 0.3) is 0 Å². The van der Waals surface area contributed by atoms with Gasteiger partial charge in [0.1, 0.15) is 0 Å². The Labute approximate surface area is 128 Å². The predicted molar refractivity (Wildman–Crippen MR) is 91.4 cm³/mol. The van der Waals surface area contributed by atoms with Gasteiger partial charge in [-0.05, 0) is 30.8 Å². The second kappa shape index (κ2) is 11.7. The molecule has 0 aliphatic heterocycles. The first-order valence-corrected chi connectivity index (χ1v) is 7.02. The highest BCUT2D eigenvalue weighted by molar-refractivity contribution is 5.47. The molecule has 0 bridgehead atoms. The third-order valence-corrected chi connectivity index (χ3v) is 2.44. The van der Waals surface area contributed by atoms with Crippen LogP contribution in [-0.2, 0) is 0 Å². The molecular weight excluding hydrogens is 258 g/mol. The first kappa shape index (κ1) is 18.9. The third-order valence-electron chi connectivity index (χ3n) is 2.44.